The molecule has 0 bridgehead atoms. The third kappa shape index (κ3) is 3.09. The van der Waals surface area contributed by atoms with E-state index < -0.39 is 0 Å². The van der Waals surface area contributed by atoms with Gasteiger partial charge in [0.05, 0.1) is 7.11 Å². The highest BCUT2D eigenvalue weighted by atomic mass is 16.5. The minimum atomic E-state index is -0.287. The third-order valence-corrected chi connectivity index (χ3v) is 4.61. The normalized spacial score (nSPS) is 20.6. The van der Waals surface area contributed by atoms with Crippen molar-refractivity contribution in [2.24, 2.45) is 0 Å². The maximum atomic E-state index is 12.7. The quantitative estimate of drug-likeness (QED) is 0.856. The summed E-state index contributed by atoms with van der Waals surface area (Å²) in [6.07, 6.45) is 3.75. The minimum Gasteiger partial charge on any atom is -0.497 e. The van der Waals surface area contributed by atoms with Crippen molar-refractivity contribution in [2.45, 2.75) is 25.8 Å². The van der Waals surface area contributed by atoms with Crippen LogP contribution in [-0.2, 0) is 9.59 Å². The molecule has 2 heterocycles. The van der Waals surface area contributed by atoms with E-state index in [1.165, 1.54) is 6.92 Å². The van der Waals surface area contributed by atoms with Crippen molar-refractivity contribution < 1.29 is 14.3 Å². The molecule has 0 aromatic heterocycles. The zero-order chi connectivity index (χ0) is 16.4. The maximum Gasteiger partial charge on any atom is 0.245 e. The van der Waals surface area contributed by atoms with Crippen LogP contribution in [0.4, 0.5) is 0 Å². The van der Waals surface area contributed by atoms with Gasteiger partial charge in [-0.2, -0.15) is 0 Å². The van der Waals surface area contributed by atoms with Gasteiger partial charge in [-0.1, -0.05) is 18.2 Å². The molecule has 23 heavy (non-hydrogen) atoms. The zero-order valence-corrected chi connectivity index (χ0v) is 13.6. The van der Waals surface area contributed by atoms with E-state index in [2.05, 4.69) is 6.08 Å². The van der Waals surface area contributed by atoms with Gasteiger partial charge in [0.1, 0.15) is 11.8 Å². The van der Waals surface area contributed by atoms with E-state index in [1.54, 1.807) is 12.0 Å². The lowest BCUT2D eigenvalue weighted by Gasteiger charge is -2.27. The maximum absolute atomic E-state index is 12.7. The zero-order valence-electron chi connectivity index (χ0n) is 13.6. The summed E-state index contributed by atoms with van der Waals surface area (Å²) in [7, 11) is 1.65. The molecule has 2 aliphatic rings. The van der Waals surface area contributed by atoms with Crippen LogP contribution >= 0.6 is 0 Å². The van der Waals surface area contributed by atoms with Crippen LogP contribution in [0.25, 0.3) is 5.57 Å². The van der Waals surface area contributed by atoms with Gasteiger partial charge in [0.2, 0.25) is 11.8 Å². The molecule has 3 rings (SSSR count). The van der Waals surface area contributed by atoms with Crippen LogP contribution in [0.2, 0.25) is 0 Å². The van der Waals surface area contributed by atoms with Crippen LogP contribution in [-0.4, -0.2) is 54.4 Å². The number of benzene rings is 1. The van der Waals surface area contributed by atoms with Gasteiger partial charge < -0.3 is 14.5 Å². The van der Waals surface area contributed by atoms with E-state index in [4.69, 9.17) is 4.74 Å². The Labute approximate surface area is 136 Å². The predicted octanol–water partition coefficient (Wildman–Crippen LogP) is 1.93. The number of methoxy groups -OCH3 is 1. The first kappa shape index (κ1) is 15.6. The molecule has 1 unspecified atom stereocenters. The van der Waals surface area contributed by atoms with Crippen LogP contribution in [0.5, 0.6) is 5.75 Å². The number of carbonyl (C=O) groups excluding carboxylic acids is 2. The van der Waals surface area contributed by atoms with Gasteiger partial charge in [0, 0.05) is 26.6 Å². The monoisotopic (exact) mass is 314 g/mol. The van der Waals surface area contributed by atoms with Gasteiger partial charge >= 0.3 is 0 Å². The fourth-order valence-corrected chi connectivity index (χ4v) is 3.37. The fourth-order valence-electron chi connectivity index (χ4n) is 3.37. The highest BCUT2D eigenvalue weighted by Gasteiger charge is 2.36. The molecule has 5 nitrogen and oxygen atoms in total. The van der Waals surface area contributed by atoms with Gasteiger partial charge in [0.15, 0.2) is 0 Å². The first-order valence-electron chi connectivity index (χ1n) is 7.99. The van der Waals surface area contributed by atoms with Gasteiger partial charge in [0.25, 0.3) is 0 Å². The highest BCUT2D eigenvalue weighted by molar-refractivity contribution is 5.89. The summed E-state index contributed by atoms with van der Waals surface area (Å²) in [6.45, 7) is 3.42. The molecule has 5 heteroatoms. The Balaban J connectivity index is 1.69. The number of amides is 2. The topological polar surface area (TPSA) is 49.9 Å². The van der Waals surface area contributed by atoms with Crippen molar-refractivity contribution >= 4 is 17.4 Å². The number of rotatable bonds is 3. The summed E-state index contributed by atoms with van der Waals surface area (Å²) in [6, 6.07) is 7.58. The molecular weight excluding hydrogens is 292 g/mol. The lowest BCUT2D eigenvalue weighted by atomic mass is 10.1. The second-order valence-electron chi connectivity index (χ2n) is 6.05. The van der Waals surface area contributed by atoms with Crippen molar-refractivity contribution in [3.8, 4) is 5.75 Å². The van der Waals surface area contributed by atoms with E-state index >= 15 is 0 Å². The molecule has 122 valence electrons. The Morgan fingerprint density at radius 2 is 2.13 bits per heavy atom. The van der Waals surface area contributed by atoms with Crippen LogP contribution in [0, 0.1) is 0 Å². The largest absolute Gasteiger partial charge is 0.497 e. The lowest BCUT2D eigenvalue weighted by molar-refractivity contribution is -0.141. The predicted molar refractivity (Wildman–Crippen MR) is 88.0 cm³/mol. The van der Waals surface area contributed by atoms with E-state index in [-0.39, 0.29) is 17.9 Å². The Bertz CT molecular complexity index is 653. The number of nitrogens with zero attached hydrogens (tertiary/aromatic N) is 2. The van der Waals surface area contributed by atoms with Gasteiger partial charge in [-0.25, -0.2) is 0 Å². The molecule has 1 aromatic carbocycles. The van der Waals surface area contributed by atoms with Gasteiger partial charge in [-0.3, -0.25) is 9.59 Å². The van der Waals surface area contributed by atoms with Crippen LogP contribution in [0.1, 0.15) is 25.3 Å². The van der Waals surface area contributed by atoms with Crippen LogP contribution in [0.15, 0.2) is 30.3 Å². The molecule has 0 spiro atoms. The molecule has 1 aromatic rings. The second kappa shape index (κ2) is 6.44. The second-order valence-corrected chi connectivity index (χ2v) is 6.05. The molecule has 1 fully saturated rings. The third-order valence-electron chi connectivity index (χ3n) is 4.61. The minimum absolute atomic E-state index is 0.0129. The van der Waals surface area contributed by atoms with Gasteiger partial charge in [-0.05, 0) is 36.1 Å². The van der Waals surface area contributed by atoms with Crippen molar-refractivity contribution in [3.05, 3.63) is 35.9 Å². The molecule has 1 atom stereocenters. The molecular formula is C18H22N2O3. The van der Waals surface area contributed by atoms with Crippen molar-refractivity contribution in [3.63, 3.8) is 0 Å². The number of carbonyl (C=O) groups is 2. The summed E-state index contributed by atoms with van der Waals surface area (Å²) in [5.74, 6) is 0.861. The van der Waals surface area contributed by atoms with Crippen LogP contribution < -0.4 is 4.74 Å². The molecule has 2 aliphatic heterocycles. The number of hydrogen-bond acceptors (Lipinski definition) is 3. The number of likely N-dealkylation sites (tertiary alicyclic amines) is 1. The first-order chi connectivity index (χ1) is 11.1. The fraction of sp³-hybridized carbons (Fsp3) is 0.444. The summed E-state index contributed by atoms with van der Waals surface area (Å²) in [5.41, 5.74) is 2.21. The molecule has 0 saturated carbocycles. The van der Waals surface area contributed by atoms with E-state index in [9.17, 15) is 9.59 Å². The van der Waals surface area contributed by atoms with Crippen molar-refractivity contribution in [1.82, 2.24) is 9.80 Å². The standard InChI is InChI=1S/C18H22N2O3/c1-13(21)20-9-4-7-17(20)18(22)19-10-8-15(12-19)14-5-3-6-16(11-14)23-2/h3,5-6,8,11,17H,4,7,9-10,12H2,1-2H3. The molecule has 0 aliphatic carbocycles. The summed E-state index contributed by atoms with van der Waals surface area (Å²) in [4.78, 5) is 27.9. The Morgan fingerprint density at radius 1 is 1.30 bits per heavy atom. The Hall–Kier alpha value is -2.30. The van der Waals surface area contributed by atoms with Crippen LogP contribution in [0.3, 0.4) is 0 Å². The van der Waals surface area contributed by atoms with E-state index in [1.807, 2.05) is 29.2 Å². The van der Waals surface area contributed by atoms with Crippen molar-refractivity contribution in [2.75, 3.05) is 26.7 Å². The molecule has 2 amide bonds. The number of ether oxygens (including phenoxy) is 1. The summed E-state index contributed by atoms with van der Waals surface area (Å²) in [5, 5.41) is 0. The molecule has 0 N–H and O–H groups in total. The van der Waals surface area contributed by atoms with Crippen molar-refractivity contribution in [1.29, 1.82) is 0 Å². The Morgan fingerprint density at radius 3 is 2.87 bits per heavy atom. The molecule has 0 radical (unpaired) electrons. The highest BCUT2D eigenvalue weighted by Crippen LogP contribution is 2.27. The van der Waals surface area contributed by atoms with E-state index in [0.717, 1.165) is 29.7 Å². The molecule has 1 saturated heterocycles. The smallest absolute Gasteiger partial charge is 0.245 e. The average molecular weight is 314 g/mol. The summed E-state index contributed by atoms with van der Waals surface area (Å²) >= 11 is 0. The van der Waals surface area contributed by atoms with E-state index in [0.29, 0.717) is 19.6 Å². The summed E-state index contributed by atoms with van der Waals surface area (Å²) < 4.78 is 5.26. The first-order valence-corrected chi connectivity index (χ1v) is 7.99. The lowest BCUT2D eigenvalue weighted by Crippen LogP contribution is -2.46. The SMILES string of the molecule is COc1cccc(C2=CCN(C(=O)C3CCCN3C(C)=O)C2)c1. The van der Waals surface area contributed by atoms with Gasteiger partial charge in [-0.15, -0.1) is 0 Å². The average Bonchev–Trinajstić information content (AvgIpc) is 3.23. The number of hydrogen-bond donors (Lipinski definition) is 0. The Kier molecular flexibility index (Phi) is 4.37.